The molecule has 66 valence electrons. The Balaban J connectivity index is 0.000000605. The van der Waals surface area contributed by atoms with E-state index in [4.69, 9.17) is 9.47 Å². The Morgan fingerprint density at radius 1 is 1.64 bits per heavy atom. The van der Waals surface area contributed by atoms with Crippen LogP contribution in [0.25, 0.3) is 0 Å². The molecule has 0 aromatic rings. The quantitative estimate of drug-likeness (QED) is 0.639. The zero-order chi connectivity index (χ0) is 7.03. The van der Waals surface area contributed by atoms with Crippen molar-refractivity contribution >= 4 is 12.4 Å². The van der Waals surface area contributed by atoms with Gasteiger partial charge in [-0.15, -0.1) is 12.4 Å². The molecule has 3 nitrogen and oxygen atoms in total. The van der Waals surface area contributed by atoms with E-state index < -0.39 is 0 Å². The van der Waals surface area contributed by atoms with E-state index in [0.717, 1.165) is 26.0 Å². The molecule has 0 radical (unpaired) electrons. The molecule has 0 amide bonds. The van der Waals surface area contributed by atoms with Gasteiger partial charge in [-0.2, -0.15) is 0 Å². The van der Waals surface area contributed by atoms with Gasteiger partial charge in [-0.05, 0) is 0 Å². The second-order valence-electron chi connectivity index (χ2n) is 2.86. The lowest BCUT2D eigenvalue weighted by molar-refractivity contribution is -0.0531. The normalized spacial score (nSPS) is 40.6. The van der Waals surface area contributed by atoms with Crippen molar-refractivity contribution < 1.29 is 9.47 Å². The summed E-state index contributed by atoms with van der Waals surface area (Å²) >= 11 is 0. The van der Waals surface area contributed by atoms with E-state index in [-0.39, 0.29) is 24.4 Å². The van der Waals surface area contributed by atoms with Crippen molar-refractivity contribution in [2.45, 2.75) is 31.8 Å². The van der Waals surface area contributed by atoms with Gasteiger partial charge >= 0.3 is 0 Å². The molecule has 2 saturated heterocycles. The molecule has 0 aromatic carbocycles. The van der Waals surface area contributed by atoms with E-state index in [9.17, 15) is 0 Å². The average Bonchev–Trinajstić information content (AvgIpc) is 2.62. The Hall–Kier alpha value is 0.170. The van der Waals surface area contributed by atoms with Crippen molar-refractivity contribution in [2.75, 3.05) is 13.2 Å². The molecule has 2 aliphatic heterocycles. The Kier molecular flexibility index (Phi) is 2.75. The van der Waals surface area contributed by atoms with E-state index >= 15 is 0 Å². The first-order valence-electron chi connectivity index (χ1n) is 3.92. The number of fused-ring (bicyclic) bond motifs is 1. The monoisotopic (exact) mass is 179 g/mol. The van der Waals surface area contributed by atoms with E-state index in [1.807, 2.05) is 0 Å². The number of morpholine rings is 1. The van der Waals surface area contributed by atoms with Crippen LogP contribution in [0.3, 0.4) is 0 Å². The molecule has 0 aromatic heterocycles. The molecule has 0 spiro atoms. The fraction of sp³-hybridized carbons (Fsp3) is 1.00. The van der Waals surface area contributed by atoms with Gasteiger partial charge in [0.25, 0.3) is 0 Å². The molecule has 2 aliphatic rings. The molecule has 2 fully saturated rings. The van der Waals surface area contributed by atoms with Gasteiger partial charge in [-0.1, -0.05) is 13.3 Å². The minimum atomic E-state index is -0.215. The van der Waals surface area contributed by atoms with Crippen molar-refractivity contribution in [1.82, 2.24) is 5.32 Å². The summed E-state index contributed by atoms with van der Waals surface area (Å²) in [5, 5.41) is 3.23. The number of nitrogens with one attached hydrogen (secondary N) is 1. The number of hydrogen-bond acceptors (Lipinski definition) is 3. The van der Waals surface area contributed by atoms with E-state index in [2.05, 4.69) is 12.2 Å². The Labute approximate surface area is 72.8 Å². The van der Waals surface area contributed by atoms with Crippen LogP contribution >= 0.6 is 12.4 Å². The third-order valence-corrected chi connectivity index (χ3v) is 2.04. The fourth-order valence-electron chi connectivity index (χ4n) is 1.50. The van der Waals surface area contributed by atoms with Crippen LogP contribution in [0.1, 0.15) is 19.8 Å². The lowest BCUT2D eigenvalue weighted by atomic mass is 10.2. The summed E-state index contributed by atoms with van der Waals surface area (Å²) in [6, 6.07) is 0. The molecule has 2 heterocycles. The van der Waals surface area contributed by atoms with Crippen LogP contribution in [0.4, 0.5) is 0 Å². The number of ether oxygens (including phenoxy) is 2. The van der Waals surface area contributed by atoms with Gasteiger partial charge in [0.1, 0.15) is 0 Å². The highest BCUT2D eigenvalue weighted by Gasteiger charge is 2.58. The summed E-state index contributed by atoms with van der Waals surface area (Å²) in [5.74, 6) is -0.215. The first-order chi connectivity index (χ1) is 4.87. The molecular weight excluding hydrogens is 166 g/mol. The van der Waals surface area contributed by atoms with E-state index in [0.29, 0.717) is 0 Å². The van der Waals surface area contributed by atoms with Gasteiger partial charge < -0.3 is 9.47 Å². The van der Waals surface area contributed by atoms with Crippen molar-refractivity contribution in [3.63, 3.8) is 0 Å². The molecule has 0 saturated carbocycles. The highest BCUT2D eigenvalue weighted by atomic mass is 35.5. The maximum Gasteiger partial charge on any atom is 0.210 e. The van der Waals surface area contributed by atoms with Crippen LogP contribution in [0.15, 0.2) is 0 Å². The fourth-order valence-corrected chi connectivity index (χ4v) is 1.50. The van der Waals surface area contributed by atoms with Crippen molar-refractivity contribution in [1.29, 1.82) is 0 Å². The molecule has 2 rings (SSSR count). The number of epoxide rings is 1. The third kappa shape index (κ3) is 1.51. The van der Waals surface area contributed by atoms with Crippen LogP contribution in [-0.4, -0.2) is 25.2 Å². The predicted molar refractivity (Wildman–Crippen MR) is 43.7 cm³/mol. The lowest BCUT2D eigenvalue weighted by Gasteiger charge is -2.17. The van der Waals surface area contributed by atoms with Crippen molar-refractivity contribution in [3.8, 4) is 0 Å². The predicted octanol–water partition coefficient (Wildman–Crippen LogP) is 0.881. The van der Waals surface area contributed by atoms with Gasteiger partial charge in [0, 0.05) is 13.0 Å². The van der Waals surface area contributed by atoms with Crippen molar-refractivity contribution in [2.24, 2.45) is 0 Å². The van der Waals surface area contributed by atoms with E-state index in [1.165, 1.54) is 0 Å². The molecule has 2 unspecified atom stereocenters. The zero-order valence-electron chi connectivity index (χ0n) is 6.63. The summed E-state index contributed by atoms with van der Waals surface area (Å²) in [7, 11) is 0. The summed E-state index contributed by atoms with van der Waals surface area (Å²) in [5.41, 5.74) is 0. The summed E-state index contributed by atoms with van der Waals surface area (Å²) in [6.07, 6.45) is 2.34. The second-order valence-corrected chi connectivity index (χ2v) is 2.86. The molecule has 4 heteroatoms. The van der Waals surface area contributed by atoms with Gasteiger partial charge in [0.15, 0.2) is 6.23 Å². The SMILES string of the molecule is CCCC12OCCNC1O2.Cl. The van der Waals surface area contributed by atoms with Crippen LogP contribution in [0, 0.1) is 0 Å². The summed E-state index contributed by atoms with van der Waals surface area (Å²) < 4.78 is 10.9. The smallest absolute Gasteiger partial charge is 0.210 e. The lowest BCUT2D eigenvalue weighted by Crippen LogP contribution is -2.38. The largest absolute Gasteiger partial charge is 0.345 e. The molecule has 0 aliphatic carbocycles. The van der Waals surface area contributed by atoms with Gasteiger partial charge in [-0.3, -0.25) is 5.32 Å². The summed E-state index contributed by atoms with van der Waals surface area (Å²) in [4.78, 5) is 0. The van der Waals surface area contributed by atoms with Crippen LogP contribution < -0.4 is 5.32 Å². The molecule has 2 atom stereocenters. The average molecular weight is 180 g/mol. The third-order valence-electron chi connectivity index (χ3n) is 2.04. The minimum Gasteiger partial charge on any atom is -0.345 e. The highest BCUT2D eigenvalue weighted by Crippen LogP contribution is 2.41. The maximum absolute atomic E-state index is 5.50. The van der Waals surface area contributed by atoms with Crippen LogP contribution in [0.5, 0.6) is 0 Å². The van der Waals surface area contributed by atoms with E-state index in [1.54, 1.807) is 0 Å². The maximum atomic E-state index is 5.50. The Morgan fingerprint density at radius 3 is 3.09 bits per heavy atom. The van der Waals surface area contributed by atoms with Crippen molar-refractivity contribution in [3.05, 3.63) is 0 Å². The highest BCUT2D eigenvalue weighted by molar-refractivity contribution is 5.85. The molecule has 1 N–H and O–H groups in total. The molecule has 11 heavy (non-hydrogen) atoms. The second kappa shape index (κ2) is 3.27. The number of rotatable bonds is 2. The van der Waals surface area contributed by atoms with Gasteiger partial charge in [-0.25, -0.2) is 0 Å². The topological polar surface area (TPSA) is 33.8 Å². The standard InChI is InChI=1S/C7H13NO2.ClH/c1-2-3-7-6(10-7)8-4-5-9-7;/h6,8H,2-5H2,1H3;1H. The number of halogens is 1. The summed E-state index contributed by atoms with van der Waals surface area (Å²) in [6.45, 7) is 3.86. The number of hydrogen-bond donors (Lipinski definition) is 1. The Morgan fingerprint density at radius 2 is 2.45 bits per heavy atom. The van der Waals surface area contributed by atoms with Gasteiger partial charge in [0.05, 0.1) is 6.61 Å². The molecule has 0 bridgehead atoms. The molecular formula is C7H14ClNO2. The zero-order valence-corrected chi connectivity index (χ0v) is 7.45. The first kappa shape index (κ1) is 9.26. The minimum absolute atomic E-state index is 0. The van der Waals surface area contributed by atoms with Crippen LogP contribution in [0.2, 0.25) is 0 Å². The Bertz CT molecular complexity index is 140. The first-order valence-corrected chi connectivity index (χ1v) is 3.92. The van der Waals surface area contributed by atoms with Gasteiger partial charge in [0.2, 0.25) is 5.79 Å². The van der Waals surface area contributed by atoms with Crippen LogP contribution in [-0.2, 0) is 9.47 Å².